The zero-order chi connectivity index (χ0) is 32.8. The van der Waals surface area contributed by atoms with Crippen molar-refractivity contribution in [3.8, 4) is 11.1 Å². The molecular formula is C46H27NO2S. The minimum atomic E-state index is 0.851. The molecule has 0 aliphatic heterocycles. The zero-order valence-electron chi connectivity index (χ0n) is 26.8. The van der Waals surface area contributed by atoms with Crippen LogP contribution in [0, 0.1) is 0 Å². The predicted molar refractivity (Wildman–Crippen MR) is 212 cm³/mol. The van der Waals surface area contributed by atoms with E-state index < -0.39 is 0 Å². The van der Waals surface area contributed by atoms with Crippen molar-refractivity contribution in [3.63, 3.8) is 0 Å². The molecule has 0 saturated carbocycles. The summed E-state index contributed by atoms with van der Waals surface area (Å²) >= 11 is 1.81. The maximum atomic E-state index is 7.01. The van der Waals surface area contributed by atoms with Crippen molar-refractivity contribution in [1.29, 1.82) is 0 Å². The number of rotatable bonds is 4. The predicted octanol–water partition coefficient (Wildman–Crippen LogP) is 14.1. The molecule has 50 heavy (non-hydrogen) atoms. The number of furan rings is 2. The molecule has 3 aromatic heterocycles. The van der Waals surface area contributed by atoms with Gasteiger partial charge in [0.1, 0.15) is 16.7 Å². The Bertz CT molecular complexity index is 3100. The van der Waals surface area contributed by atoms with Crippen molar-refractivity contribution in [2.45, 2.75) is 0 Å². The van der Waals surface area contributed by atoms with Gasteiger partial charge in [0, 0.05) is 53.5 Å². The molecule has 234 valence electrons. The Balaban J connectivity index is 1.15. The first-order valence-corrected chi connectivity index (χ1v) is 17.7. The smallest absolute Gasteiger partial charge is 0.159 e. The lowest BCUT2D eigenvalue weighted by molar-refractivity contribution is 0.668. The fourth-order valence-electron chi connectivity index (χ4n) is 7.77. The summed E-state index contributed by atoms with van der Waals surface area (Å²) < 4.78 is 15.9. The van der Waals surface area contributed by atoms with Crippen LogP contribution in [0.15, 0.2) is 173 Å². The molecule has 0 fully saturated rings. The van der Waals surface area contributed by atoms with E-state index in [4.69, 9.17) is 8.83 Å². The van der Waals surface area contributed by atoms with Crippen LogP contribution in [0.3, 0.4) is 0 Å². The Morgan fingerprint density at radius 2 is 1.10 bits per heavy atom. The van der Waals surface area contributed by atoms with Crippen LogP contribution >= 0.6 is 11.3 Å². The van der Waals surface area contributed by atoms with Gasteiger partial charge in [-0.1, -0.05) is 103 Å². The van der Waals surface area contributed by atoms with E-state index in [2.05, 4.69) is 157 Å². The molecule has 0 radical (unpaired) electrons. The third kappa shape index (κ3) is 4.03. The van der Waals surface area contributed by atoms with Gasteiger partial charge in [0.15, 0.2) is 5.58 Å². The molecule has 3 heterocycles. The summed E-state index contributed by atoms with van der Waals surface area (Å²) in [5.41, 5.74) is 8.91. The van der Waals surface area contributed by atoms with Gasteiger partial charge in [-0.2, -0.15) is 0 Å². The van der Waals surface area contributed by atoms with Crippen LogP contribution in [0.2, 0.25) is 0 Å². The monoisotopic (exact) mass is 657 g/mol. The second-order valence-corrected chi connectivity index (χ2v) is 13.9. The summed E-state index contributed by atoms with van der Waals surface area (Å²) in [5, 5.41) is 9.33. The summed E-state index contributed by atoms with van der Waals surface area (Å²) in [6.45, 7) is 0. The van der Waals surface area contributed by atoms with Gasteiger partial charge in [0.25, 0.3) is 0 Å². The van der Waals surface area contributed by atoms with E-state index in [9.17, 15) is 0 Å². The molecule has 0 aliphatic rings. The van der Waals surface area contributed by atoms with E-state index in [1.165, 1.54) is 42.1 Å². The Hall–Kier alpha value is -6.36. The molecule has 0 aliphatic carbocycles. The highest BCUT2D eigenvalue weighted by molar-refractivity contribution is 7.26. The highest BCUT2D eigenvalue weighted by atomic mass is 32.1. The standard InChI is InChI=1S/C46H27NO2S/c1-2-11-32-28(9-1)10-7-14-33(32)29-19-21-30(22-20-29)47(31-23-24-35-34-12-3-5-17-40(34)48-41(35)27-31)39-16-8-15-36-37-25-26-43-44(46(37)49-45(36)39)38-13-4-6-18-42(38)50-43/h1-27H. The van der Waals surface area contributed by atoms with Gasteiger partial charge in [0.05, 0.1) is 11.4 Å². The lowest BCUT2D eigenvalue weighted by atomic mass is 9.98. The minimum Gasteiger partial charge on any atom is -0.456 e. The van der Waals surface area contributed by atoms with Gasteiger partial charge in [-0.3, -0.25) is 0 Å². The molecule has 0 saturated heterocycles. The number of anilines is 3. The van der Waals surface area contributed by atoms with Crippen LogP contribution in [0.1, 0.15) is 0 Å². The van der Waals surface area contributed by atoms with Crippen molar-refractivity contribution in [2.24, 2.45) is 0 Å². The van der Waals surface area contributed by atoms with E-state index in [-0.39, 0.29) is 0 Å². The molecule has 8 aromatic carbocycles. The summed E-state index contributed by atoms with van der Waals surface area (Å²) in [7, 11) is 0. The molecule has 0 unspecified atom stereocenters. The lowest BCUT2D eigenvalue weighted by Gasteiger charge is -2.25. The molecule has 0 atom stereocenters. The van der Waals surface area contributed by atoms with E-state index >= 15 is 0 Å². The Morgan fingerprint density at radius 3 is 2.02 bits per heavy atom. The average molecular weight is 658 g/mol. The SMILES string of the molecule is c1ccc2c(-c3ccc(N(c4ccc5c(c4)oc4ccccc45)c4cccc5c4oc4c5ccc5sc6ccccc6c54)cc3)cccc2c1. The number of hydrogen-bond donors (Lipinski definition) is 0. The lowest BCUT2D eigenvalue weighted by Crippen LogP contribution is -2.10. The molecule has 3 nitrogen and oxygen atoms in total. The molecule has 0 N–H and O–H groups in total. The highest BCUT2D eigenvalue weighted by Crippen LogP contribution is 2.47. The van der Waals surface area contributed by atoms with Gasteiger partial charge in [0.2, 0.25) is 0 Å². The van der Waals surface area contributed by atoms with E-state index in [0.29, 0.717) is 0 Å². The van der Waals surface area contributed by atoms with Crippen LogP contribution in [0.5, 0.6) is 0 Å². The first-order valence-electron chi connectivity index (χ1n) is 16.8. The molecule has 0 spiro atoms. The number of hydrogen-bond acceptors (Lipinski definition) is 4. The number of nitrogens with zero attached hydrogens (tertiary/aromatic N) is 1. The molecule has 4 heteroatoms. The fraction of sp³-hybridized carbons (Fsp3) is 0. The van der Waals surface area contributed by atoms with Crippen LogP contribution in [0.4, 0.5) is 17.1 Å². The topological polar surface area (TPSA) is 29.5 Å². The first-order chi connectivity index (χ1) is 24.8. The zero-order valence-corrected chi connectivity index (χ0v) is 27.6. The normalized spacial score (nSPS) is 12.0. The van der Waals surface area contributed by atoms with E-state index in [0.717, 1.165) is 60.9 Å². The summed E-state index contributed by atoms with van der Waals surface area (Å²) in [5.74, 6) is 0. The number of benzene rings is 8. The fourth-order valence-corrected chi connectivity index (χ4v) is 8.88. The molecule has 11 aromatic rings. The van der Waals surface area contributed by atoms with Gasteiger partial charge in [-0.15, -0.1) is 11.3 Å². The van der Waals surface area contributed by atoms with Crippen molar-refractivity contribution >= 4 is 103 Å². The van der Waals surface area contributed by atoms with Crippen molar-refractivity contribution in [3.05, 3.63) is 164 Å². The summed E-state index contributed by atoms with van der Waals surface area (Å²) in [6.07, 6.45) is 0. The van der Waals surface area contributed by atoms with Crippen molar-refractivity contribution in [2.75, 3.05) is 4.90 Å². The van der Waals surface area contributed by atoms with Gasteiger partial charge in [-0.05, 0) is 76.5 Å². The van der Waals surface area contributed by atoms with Crippen LogP contribution < -0.4 is 4.90 Å². The molecule has 0 bridgehead atoms. The Labute approximate surface area is 290 Å². The molecule has 0 amide bonds. The Kier molecular flexibility index (Phi) is 5.83. The van der Waals surface area contributed by atoms with Crippen molar-refractivity contribution < 1.29 is 8.83 Å². The molecule has 11 rings (SSSR count). The van der Waals surface area contributed by atoms with Crippen molar-refractivity contribution in [1.82, 2.24) is 0 Å². The van der Waals surface area contributed by atoms with Crippen LogP contribution in [-0.4, -0.2) is 0 Å². The van der Waals surface area contributed by atoms with Crippen LogP contribution in [-0.2, 0) is 0 Å². The highest BCUT2D eigenvalue weighted by Gasteiger charge is 2.22. The Morgan fingerprint density at radius 1 is 0.420 bits per heavy atom. The number of thiophene rings is 1. The average Bonchev–Trinajstić information content (AvgIpc) is 3.86. The molecular weight excluding hydrogens is 631 g/mol. The summed E-state index contributed by atoms with van der Waals surface area (Å²) in [6, 6.07) is 58.2. The second-order valence-electron chi connectivity index (χ2n) is 12.9. The summed E-state index contributed by atoms with van der Waals surface area (Å²) in [4.78, 5) is 2.30. The minimum absolute atomic E-state index is 0.851. The number of para-hydroxylation sites is 2. The van der Waals surface area contributed by atoms with E-state index in [1.807, 2.05) is 23.5 Å². The first kappa shape index (κ1) is 27.6. The maximum Gasteiger partial charge on any atom is 0.159 e. The maximum absolute atomic E-state index is 7.01. The third-order valence-corrected chi connectivity index (χ3v) is 11.2. The van der Waals surface area contributed by atoms with E-state index in [1.54, 1.807) is 0 Å². The third-order valence-electron chi connectivity index (χ3n) is 10.1. The van der Waals surface area contributed by atoms with Gasteiger partial charge in [-0.25, -0.2) is 0 Å². The van der Waals surface area contributed by atoms with Gasteiger partial charge < -0.3 is 13.7 Å². The second kappa shape index (κ2) is 10.6. The quantitative estimate of drug-likeness (QED) is 0.189. The van der Waals surface area contributed by atoms with Crippen LogP contribution in [0.25, 0.3) is 85.9 Å². The largest absolute Gasteiger partial charge is 0.456 e. The van der Waals surface area contributed by atoms with Gasteiger partial charge >= 0.3 is 0 Å². The number of fused-ring (bicyclic) bond motifs is 11.